The first kappa shape index (κ1) is 22.2. The monoisotopic (exact) mass is 417 g/mol. The molecular formula is C19H22F3NO4S. The number of para-hydroxylation sites is 1. The fraction of sp³-hybridized carbons (Fsp3) is 0.421. The van der Waals surface area contributed by atoms with Crippen LogP contribution in [-0.2, 0) is 16.0 Å². The average Bonchev–Trinajstić information content (AvgIpc) is 2.56. The Kier molecular flexibility index (Phi) is 6.40. The largest absolute Gasteiger partial charge is 0.492 e. The number of rotatable bonds is 7. The van der Waals surface area contributed by atoms with Crippen LogP contribution >= 0.6 is 0 Å². The molecule has 9 heteroatoms. The number of halogens is 3. The van der Waals surface area contributed by atoms with Crippen molar-refractivity contribution in [3.8, 4) is 17.0 Å². The third-order valence-electron chi connectivity index (χ3n) is 3.92. The van der Waals surface area contributed by atoms with Crippen molar-refractivity contribution < 1.29 is 31.4 Å². The molecule has 0 aliphatic rings. The molecule has 0 atom stereocenters. The van der Waals surface area contributed by atoms with Crippen LogP contribution in [0, 0.1) is 0 Å². The second kappa shape index (κ2) is 8.08. The number of hydrogen-bond donors (Lipinski definition) is 1. The van der Waals surface area contributed by atoms with Gasteiger partial charge < -0.3 is 9.84 Å². The minimum absolute atomic E-state index is 0.0352. The van der Waals surface area contributed by atoms with Gasteiger partial charge in [-0.15, -0.1) is 0 Å². The maximum absolute atomic E-state index is 12.8. The summed E-state index contributed by atoms with van der Waals surface area (Å²) in [6, 6.07) is 6.44. The van der Waals surface area contributed by atoms with E-state index in [9.17, 15) is 26.7 Å². The van der Waals surface area contributed by atoms with E-state index in [-0.39, 0.29) is 28.5 Å². The van der Waals surface area contributed by atoms with Gasteiger partial charge in [0.25, 0.3) is 0 Å². The third-order valence-corrected chi connectivity index (χ3v) is 5.04. The zero-order valence-electron chi connectivity index (χ0n) is 15.7. The van der Waals surface area contributed by atoms with Gasteiger partial charge >= 0.3 is 6.18 Å². The number of ether oxygens (including phenoxy) is 1. The molecule has 2 aromatic rings. The minimum Gasteiger partial charge on any atom is -0.492 e. The fourth-order valence-corrected chi connectivity index (χ4v) is 3.39. The molecule has 1 N–H and O–H groups in total. The molecule has 0 aliphatic carbocycles. The summed E-state index contributed by atoms with van der Waals surface area (Å²) >= 11 is 0. The van der Waals surface area contributed by atoms with Crippen molar-refractivity contribution in [1.82, 2.24) is 4.98 Å². The third kappa shape index (κ3) is 5.93. The summed E-state index contributed by atoms with van der Waals surface area (Å²) in [6.45, 7) is 3.42. The number of nitrogens with zero attached hydrogens (tertiary/aromatic N) is 1. The second-order valence-corrected chi connectivity index (χ2v) is 9.08. The molecule has 0 saturated heterocycles. The van der Waals surface area contributed by atoms with E-state index in [0.29, 0.717) is 19.0 Å². The molecule has 1 heterocycles. The summed E-state index contributed by atoms with van der Waals surface area (Å²) in [4.78, 5) is 3.76. The quantitative estimate of drug-likeness (QED) is 0.687. The standard InChI is InChI=1S/C19H22F3NO4S/c1-18(2,24)10-5-11-27-17-14(6-4-7-16(17)28(3,25)26)15-9-8-13(12-23-15)19(20,21)22/h4,6-9,12,24H,5,10-11H2,1-3H3. The minimum atomic E-state index is -4.52. The van der Waals surface area contributed by atoms with Gasteiger partial charge in [-0.25, -0.2) is 8.42 Å². The van der Waals surface area contributed by atoms with E-state index in [0.717, 1.165) is 12.3 Å². The molecule has 5 nitrogen and oxygen atoms in total. The summed E-state index contributed by atoms with van der Waals surface area (Å²) < 4.78 is 68.2. The normalized spacial score (nSPS) is 12.8. The average molecular weight is 417 g/mol. The molecule has 1 aromatic carbocycles. The highest BCUT2D eigenvalue weighted by atomic mass is 32.2. The number of aromatic nitrogens is 1. The van der Waals surface area contributed by atoms with Crippen molar-refractivity contribution in [2.45, 2.75) is 43.4 Å². The van der Waals surface area contributed by atoms with Crippen LogP contribution in [0.1, 0.15) is 32.3 Å². The molecular weight excluding hydrogens is 395 g/mol. The molecule has 2 rings (SSSR count). The second-order valence-electron chi connectivity index (χ2n) is 7.10. The van der Waals surface area contributed by atoms with Crippen LogP contribution in [0.3, 0.4) is 0 Å². The summed E-state index contributed by atoms with van der Waals surface area (Å²) in [5.41, 5.74) is -1.35. The molecule has 0 amide bonds. The number of hydrogen-bond acceptors (Lipinski definition) is 5. The van der Waals surface area contributed by atoms with Crippen LogP contribution in [0.4, 0.5) is 13.2 Å². The Hall–Kier alpha value is -2.13. The molecule has 0 saturated carbocycles. The SMILES string of the molecule is CC(C)(O)CCCOc1c(-c2ccc(C(F)(F)F)cn2)cccc1S(C)(=O)=O. The highest BCUT2D eigenvalue weighted by molar-refractivity contribution is 7.90. The van der Waals surface area contributed by atoms with Crippen LogP contribution in [0.5, 0.6) is 5.75 Å². The zero-order valence-corrected chi connectivity index (χ0v) is 16.6. The number of alkyl halides is 3. The molecule has 0 radical (unpaired) electrons. The van der Waals surface area contributed by atoms with Crippen LogP contribution in [-0.4, -0.2) is 37.0 Å². The Labute approximate surface area is 162 Å². The van der Waals surface area contributed by atoms with Gasteiger partial charge in [0.2, 0.25) is 0 Å². The molecule has 0 aliphatic heterocycles. The number of aliphatic hydroxyl groups is 1. The predicted molar refractivity (Wildman–Crippen MR) is 98.8 cm³/mol. The van der Waals surface area contributed by atoms with E-state index < -0.39 is 27.2 Å². The maximum atomic E-state index is 12.8. The smallest absolute Gasteiger partial charge is 0.417 e. The summed E-state index contributed by atoms with van der Waals surface area (Å²) in [7, 11) is -3.64. The van der Waals surface area contributed by atoms with Crippen LogP contribution < -0.4 is 4.74 Å². The summed E-state index contributed by atoms with van der Waals surface area (Å²) in [6.07, 6.45) is -1.91. The molecule has 28 heavy (non-hydrogen) atoms. The molecule has 0 spiro atoms. The van der Waals surface area contributed by atoms with Gasteiger partial charge in [0, 0.05) is 18.0 Å². The highest BCUT2D eigenvalue weighted by Crippen LogP contribution is 2.36. The van der Waals surface area contributed by atoms with Crippen LogP contribution in [0.15, 0.2) is 41.4 Å². The molecule has 0 unspecified atom stereocenters. The predicted octanol–water partition coefficient (Wildman–Crippen LogP) is 4.10. The lowest BCUT2D eigenvalue weighted by Gasteiger charge is -2.18. The van der Waals surface area contributed by atoms with Crippen LogP contribution in [0.25, 0.3) is 11.3 Å². The van der Waals surface area contributed by atoms with Gasteiger partial charge in [-0.2, -0.15) is 13.2 Å². The van der Waals surface area contributed by atoms with Crippen LogP contribution in [0.2, 0.25) is 0 Å². The first-order valence-electron chi connectivity index (χ1n) is 8.51. The van der Waals surface area contributed by atoms with E-state index in [4.69, 9.17) is 4.74 Å². The molecule has 0 fully saturated rings. The van der Waals surface area contributed by atoms with Crippen molar-refractivity contribution in [2.75, 3.05) is 12.9 Å². The summed E-state index contributed by atoms with van der Waals surface area (Å²) in [5, 5.41) is 9.77. The molecule has 1 aromatic heterocycles. The van der Waals surface area contributed by atoms with E-state index >= 15 is 0 Å². The van der Waals surface area contributed by atoms with Crippen molar-refractivity contribution in [3.63, 3.8) is 0 Å². The summed E-state index contributed by atoms with van der Waals surface area (Å²) in [5.74, 6) is 0.0352. The topological polar surface area (TPSA) is 76.5 Å². The first-order chi connectivity index (χ1) is 12.8. The molecule has 0 bridgehead atoms. The Morgan fingerprint density at radius 1 is 1.14 bits per heavy atom. The van der Waals surface area contributed by atoms with E-state index in [1.165, 1.54) is 24.3 Å². The Bertz CT molecular complexity index is 918. The zero-order chi connectivity index (χ0) is 21.2. The van der Waals surface area contributed by atoms with Crippen molar-refractivity contribution in [2.24, 2.45) is 0 Å². The fourth-order valence-electron chi connectivity index (χ4n) is 2.56. The van der Waals surface area contributed by atoms with Gasteiger partial charge in [-0.05, 0) is 51.0 Å². The van der Waals surface area contributed by atoms with Crippen molar-refractivity contribution in [1.29, 1.82) is 0 Å². The van der Waals surface area contributed by atoms with Gasteiger partial charge in [-0.3, -0.25) is 4.98 Å². The van der Waals surface area contributed by atoms with E-state index in [1.807, 2.05) is 0 Å². The van der Waals surface area contributed by atoms with E-state index in [2.05, 4.69) is 4.98 Å². The van der Waals surface area contributed by atoms with Crippen molar-refractivity contribution in [3.05, 3.63) is 42.1 Å². The van der Waals surface area contributed by atoms with E-state index in [1.54, 1.807) is 13.8 Å². The first-order valence-corrected chi connectivity index (χ1v) is 10.4. The van der Waals surface area contributed by atoms with Gasteiger partial charge in [0.1, 0.15) is 10.6 Å². The lowest BCUT2D eigenvalue weighted by atomic mass is 10.0. The molecule has 154 valence electrons. The Morgan fingerprint density at radius 3 is 2.32 bits per heavy atom. The van der Waals surface area contributed by atoms with Gasteiger partial charge in [0.15, 0.2) is 9.84 Å². The van der Waals surface area contributed by atoms with Gasteiger partial charge in [0.05, 0.1) is 23.5 Å². The maximum Gasteiger partial charge on any atom is 0.417 e. The highest BCUT2D eigenvalue weighted by Gasteiger charge is 2.31. The lowest BCUT2D eigenvalue weighted by Crippen LogP contribution is -2.19. The Morgan fingerprint density at radius 2 is 1.82 bits per heavy atom. The van der Waals surface area contributed by atoms with Crippen molar-refractivity contribution >= 4 is 9.84 Å². The lowest BCUT2D eigenvalue weighted by molar-refractivity contribution is -0.137. The van der Waals surface area contributed by atoms with Gasteiger partial charge in [-0.1, -0.05) is 6.07 Å². The Balaban J connectivity index is 2.41. The number of benzene rings is 1. The number of pyridine rings is 1. The number of sulfone groups is 1.